The molecule has 6 nitrogen and oxygen atoms in total. The highest BCUT2D eigenvalue weighted by molar-refractivity contribution is 5.70. The summed E-state index contributed by atoms with van der Waals surface area (Å²) in [4.78, 5) is 24.3. The fourth-order valence-corrected chi connectivity index (χ4v) is 5.55. The van der Waals surface area contributed by atoms with E-state index >= 15 is 0 Å². The van der Waals surface area contributed by atoms with Gasteiger partial charge in [0.2, 0.25) is 0 Å². The van der Waals surface area contributed by atoms with Gasteiger partial charge in [0.15, 0.2) is 6.10 Å². The average molecular weight is 689 g/mol. The zero-order valence-electron chi connectivity index (χ0n) is 32.0. The molecular formula is C43H76O6. The van der Waals surface area contributed by atoms with Crippen molar-refractivity contribution in [3.05, 3.63) is 48.6 Å². The number of unbranched alkanes of at least 4 members (excludes halogenated alkanes) is 16. The normalized spacial score (nSPS) is 13.4. The standard InChI is InChI=1S/C43H76O6/c1-4-5-6-7-8-9-10-13-17-20-23-26-29-33-40(45)34-31-36-43(47)49-41(37-44)38-48-42(46)35-30-27-24-21-18-15-12-11-14-16-19-22-25-28-32-39(2)3/h8-9,13,17,23,26,29,33,39-41,44-45H,4-7,10-12,14-16,18-22,24-25,27-28,30-32,34-38H2,1-3H3/b9-8-,17-13-,26-23-,33-29+/t40-,41-/m0/s1. The van der Waals surface area contributed by atoms with E-state index in [9.17, 15) is 19.8 Å². The summed E-state index contributed by atoms with van der Waals surface area (Å²) in [5.74, 6) is 0.0509. The molecule has 0 aliphatic rings. The molecule has 0 aliphatic carbocycles. The Morgan fingerprint density at radius 3 is 1.76 bits per heavy atom. The van der Waals surface area contributed by atoms with E-state index in [4.69, 9.17) is 9.47 Å². The van der Waals surface area contributed by atoms with E-state index in [1.54, 1.807) is 6.08 Å². The Morgan fingerprint density at radius 2 is 1.16 bits per heavy atom. The molecule has 49 heavy (non-hydrogen) atoms. The van der Waals surface area contributed by atoms with Crippen LogP contribution >= 0.6 is 0 Å². The van der Waals surface area contributed by atoms with E-state index in [0.29, 0.717) is 19.3 Å². The topological polar surface area (TPSA) is 93.1 Å². The molecule has 2 atom stereocenters. The summed E-state index contributed by atoms with van der Waals surface area (Å²) in [5, 5.41) is 19.7. The second-order valence-electron chi connectivity index (χ2n) is 14.0. The molecule has 0 amide bonds. The van der Waals surface area contributed by atoms with Crippen molar-refractivity contribution in [2.24, 2.45) is 5.92 Å². The molecule has 0 saturated carbocycles. The van der Waals surface area contributed by atoms with Gasteiger partial charge in [0.25, 0.3) is 0 Å². The highest BCUT2D eigenvalue weighted by atomic mass is 16.6. The highest BCUT2D eigenvalue weighted by Gasteiger charge is 2.16. The van der Waals surface area contributed by atoms with Crippen molar-refractivity contribution in [2.45, 2.75) is 193 Å². The van der Waals surface area contributed by atoms with E-state index in [2.05, 4.69) is 45.1 Å². The summed E-state index contributed by atoms with van der Waals surface area (Å²) < 4.78 is 10.5. The minimum absolute atomic E-state index is 0.127. The van der Waals surface area contributed by atoms with Crippen molar-refractivity contribution >= 4 is 11.9 Å². The van der Waals surface area contributed by atoms with Crippen molar-refractivity contribution < 1.29 is 29.3 Å². The van der Waals surface area contributed by atoms with Gasteiger partial charge in [-0.15, -0.1) is 0 Å². The molecule has 0 aromatic carbocycles. The molecule has 0 aromatic heterocycles. The molecule has 6 heteroatoms. The SMILES string of the molecule is CCCCC/C=C\C/C=C\C/C=C\C=C\[C@H](O)CCCC(=O)O[C@@H](CO)COC(=O)CCCCCCCCCCCCCCCCC(C)C. The van der Waals surface area contributed by atoms with Crippen LogP contribution in [0.4, 0.5) is 0 Å². The number of hydrogen-bond acceptors (Lipinski definition) is 6. The van der Waals surface area contributed by atoms with Crippen LogP contribution in [0.5, 0.6) is 0 Å². The highest BCUT2D eigenvalue weighted by Crippen LogP contribution is 2.15. The van der Waals surface area contributed by atoms with Gasteiger partial charge in [0.05, 0.1) is 12.7 Å². The van der Waals surface area contributed by atoms with Gasteiger partial charge in [0, 0.05) is 12.8 Å². The third-order valence-electron chi connectivity index (χ3n) is 8.66. The molecule has 0 radical (unpaired) electrons. The summed E-state index contributed by atoms with van der Waals surface area (Å²) in [6.45, 7) is 6.30. The summed E-state index contributed by atoms with van der Waals surface area (Å²) in [6, 6.07) is 0. The quantitative estimate of drug-likeness (QED) is 0.0298. The number of aliphatic hydroxyl groups excluding tert-OH is 2. The first-order chi connectivity index (χ1) is 23.9. The van der Waals surface area contributed by atoms with Crippen molar-refractivity contribution in [2.75, 3.05) is 13.2 Å². The van der Waals surface area contributed by atoms with Crippen LogP contribution in [0.1, 0.15) is 181 Å². The predicted octanol–water partition coefficient (Wildman–Crippen LogP) is 11.4. The fraction of sp³-hybridized carbons (Fsp3) is 0.767. The number of carbonyl (C=O) groups excluding carboxylic acids is 2. The van der Waals surface area contributed by atoms with Crippen LogP contribution in [0.25, 0.3) is 0 Å². The third-order valence-corrected chi connectivity index (χ3v) is 8.66. The van der Waals surface area contributed by atoms with Gasteiger partial charge in [-0.1, -0.05) is 172 Å². The molecule has 0 heterocycles. The van der Waals surface area contributed by atoms with Gasteiger partial charge >= 0.3 is 11.9 Å². The lowest BCUT2D eigenvalue weighted by atomic mass is 10.0. The van der Waals surface area contributed by atoms with Crippen LogP contribution in [-0.2, 0) is 19.1 Å². The Kier molecular flexibility index (Phi) is 35.4. The Balaban J connectivity index is 3.74. The average Bonchev–Trinajstić information content (AvgIpc) is 3.08. The number of carbonyl (C=O) groups is 2. The summed E-state index contributed by atoms with van der Waals surface area (Å²) in [7, 11) is 0. The predicted molar refractivity (Wildman–Crippen MR) is 206 cm³/mol. The smallest absolute Gasteiger partial charge is 0.306 e. The summed E-state index contributed by atoms with van der Waals surface area (Å²) in [6.07, 6.45) is 42.0. The molecule has 0 fully saturated rings. The molecule has 0 saturated heterocycles. The van der Waals surface area contributed by atoms with Crippen molar-refractivity contribution in [3.63, 3.8) is 0 Å². The zero-order valence-corrected chi connectivity index (χ0v) is 32.0. The maximum Gasteiger partial charge on any atom is 0.306 e. The lowest BCUT2D eigenvalue weighted by Crippen LogP contribution is -2.28. The lowest BCUT2D eigenvalue weighted by molar-refractivity contribution is -0.161. The molecular weight excluding hydrogens is 612 g/mol. The number of ether oxygens (including phenoxy) is 2. The number of hydrogen-bond donors (Lipinski definition) is 2. The third kappa shape index (κ3) is 36.9. The number of rotatable bonds is 35. The maximum absolute atomic E-state index is 12.2. The number of esters is 2. The van der Waals surface area contributed by atoms with Gasteiger partial charge in [0.1, 0.15) is 6.61 Å². The van der Waals surface area contributed by atoms with E-state index in [1.807, 2.05) is 18.2 Å². The van der Waals surface area contributed by atoms with E-state index in [1.165, 1.54) is 96.3 Å². The first-order valence-corrected chi connectivity index (χ1v) is 20.2. The van der Waals surface area contributed by atoms with Crippen LogP contribution in [0, 0.1) is 5.92 Å². The maximum atomic E-state index is 12.2. The summed E-state index contributed by atoms with van der Waals surface area (Å²) >= 11 is 0. The van der Waals surface area contributed by atoms with Crippen LogP contribution in [0.3, 0.4) is 0 Å². The molecule has 0 aliphatic heterocycles. The van der Waals surface area contributed by atoms with E-state index < -0.39 is 24.8 Å². The summed E-state index contributed by atoms with van der Waals surface area (Å²) in [5.41, 5.74) is 0. The Hall–Kier alpha value is -2.18. The van der Waals surface area contributed by atoms with Crippen molar-refractivity contribution in [1.29, 1.82) is 0 Å². The van der Waals surface area contributed by atoms with Crippen molar-refractivity contribution in [3.8, 4) is 0 Å². The minimum Gasteiger partial charge on any atom is -0.462 e. The van der Waals surface area contributed by atoms with Gasteiger partial charge in [-0.25, -0.2) is 0 Å². The first kappa shape index (κ1) is 46.8. The molecule has 2 N–H and O–H groups in total. The number of allylic oxidation sites excluding steroid dienone is 7. The lowest BCUT2D eigenvalue weighted by Gasteiger charge is -2.16. The largest absolute Gasteiger partial charge is 0.462 e. The van der Waals surface area contributed by atoms with Crippen LogP contribution in [0.15, 0.2) is 48.6 Å². The Labute approximate surface area is 301 Å². The van der Waals surface area contributed by atoms with Gasteiger partial charge < -0.3 is 19.7 Å². The van der Waals surface area contributed by atoms with Crippen LogP contribution in [0.2, 0.25) is 0 Å². The van der Waals surface area contributed by atoms with Crippen LogP contribution < -0.4 is 0 Å². The first-order valence-electron chi connectivity index (χ1n) is 20.2. The molecule has 0 bridgehead atoms. The van der Waals surface area contributed by atoms with Crippen LogP contribution in [-0.4, -0.2) is 47.6 Å². The van der Waals surface area contributed by atoms with Crippen molar-refractivity contribution in [1.82, 2.24) is 0 Å². The Morgan fingerprint density at radius 1 is 0.612 bits per heavy atom. The van der Waals surface area contributed by atoms with E-state index in [-0.39, 0.29) is 19.0 Å². The fourth-order valence-electron chi connectivity index (χ4n) is 5.55. The monoisotopic (exact) mass is 689 g/mol. The molecule has 0 spiro atoms. The van der Waals surface area contributed by atoms with Gasteiger partial charge in [-0.2, -0.15) is 0 Å². The molecule has 0 unspecified atom stereocenters. The molecule has 0 aromatic rings. The Bertz CT molecular complexity index is 858. The van der Waals surface area contributed by atoms with E-state index in [0.717, 1.165) is 44.4 Å². The molecule has 284 valence electrons. The second kappa shape index (κ2) is 37.1. The minimum atomic E-state index is -0.864. The second-order valence-corrected chi connectivity index (χ2v) is 14.0. The molecule has 0 rings (SSSR count). The number of aliphatic hydroxyl groups is 2. The van der Waals surface area contributed by atoms with Gasteiger partial charge in [-0.05, 0) is 50.9 Å². The zero-order chi connectivity index (χ0) is 36.0. The van der Waals surface area contributed by atoms with Gasteiger partial charge in [-0.3, -0.25) is 9.59 Å².